The molecule has 0 heterocycles. The van der Waals surface area contributed by atoms with Crippen LogP contribution < -0.4 is 0 Å². The van der Waals surface area contributed by atoms with Crippen LogP contribution in [-0.4, -0.2) is 707 Å². The maximum atomic E-state index is 7.56. The van der Waals surface area contributed by atoms with Gasteiger partial charge in [0.05, 0.1) is 0 Å². The van der Waals surface area contributed by atoms with Crippen molar-refractivity contribution in [1.82, 2.24) is 0 Å². The lowest BCUT2D eigenvalue weighted by Gasteiger charge is -2.63. The highest BCUT2D eigenvalue weighted by Gasteiger charge is 2.68. The molecule has 0 fully saturated rings. The lowest BCUT2D eigenvalue weighted by Crippen LogP contribution is -3.01. The molecule has 100 heavy (non-hydrogen) atoms. The smallest absolute Gasteiger partial charge is 0 e. The van der Waals surface area contributed by atoms with Gasteiger partial charge in [0, 0.05) is 707 Å². The van der Waals surface area contributed by atoms with E-state index in [2.05, 4.69) is 0 Å². The number of hydrogen-bond donors (Lipinski definition) is 0. The summed E-state index contributed by atoms with van der Waals surface area (Å²) in [5.74, 6) is 0. The summed E-state index contributed by atoms with van der Waals surface area (Å²) in [6.07, 6.45) is -93.3. The molecule has 100 heteroatoms. The molecule has 0 amide bonds. The van der Waals surface area contributed by atoms with Gasteiger partial charge in [-0.1, -0.05) is 0 Å². The number of rotatable bonds is 48. The summed E-state index contributed by atoms with van der Waals surface area (Å²) >= 11 is 0. The molecule has 102 radical (unpaired) electrons. The van der Waals surface area contributed by atoms with Crippen molar-refractivity contribution >= 4 is 707 Å². The summed E-state index contributed by atoms with van der Waals surface area (Å²) in [5.41, 5.74) is 0. The van der Waals surface area contributed by atoms with Crippen LogP contribution in [0.4, 0.5) is 0 Å². The second-order valence-corrected chi connectivity index (χ2v) is 28.3. The molecule has 0 saturated carbocycles. The zero-order chi connectivity index (χ0) is 79.3. The van der Waals surface area contributed by atoms with Crippen molar-refractivity contribution in [3.63, 3.8) is 0 Å². The Kier molecular flexibility index (Phi) is 52.1. The first-order valence-electron chi connectivity index (χ1n) is 33.0. The standard InChI is InChI=1S/B100/c1-52(2)77(51)90(78(53(3)4)54(5)6)96(89(75(47)48)76(49)50)99(95(87(71(39)40)72(41)42)88(73(43)44)74(45)46)100(97(91(79(55(7)8)56(9)10)80(57(11)12)58(13)14)92(81(59(15)16)60(17)18)82(61(19)20)62(21)22)98(93(83(63(23)24)64(25)26)84(65(27)28)66(29)30)94(85(67(31)32)68(33)34)86(69(35)36)70(37)38. The van der Waals surface area contributed by atoms with Crippen LogP contribution >= 0.6 is 0 Å². The van der Waals surface area contributed by atoms with Crippen molar-refractivity contribution < 1.29 is 0 Å². The molecule has 0 aromatic heterocycles. The highest BCUT2D eigenvalue weighted by Crippen LogP contribution is 2.30. The summed E-state index contributed by atoms with van der Waals surface area (Å²) in [7, 11) is 363. The Bertz CT molecular complexity index is 1690. The van der Waals surface area contributed by atoms with Gasteiger partial charge in [-0.15, -0.1) is 0 Å². The van der Waals surface area contributed by atoms with Gasteiger partial charge in [0.15, 0.2) is 0 Å². The normalized spacial score (nSPS) is 9.84. The molecule has 0 bridgehead atoms. The highest BCUT2D eigenvalue weighted by molar-refractivity contribution is 8.44. The van der Waals surface area contributed by atoms with Crippen LogP contribution in [0.15, 0.2) is 0 Å². The van der Waals surface area contributed by atoms with Crippen molar-refractivity contribution in [1.29, 1.82) is 0 Å². The van der Waals surface area contributed by atoms with E-state index < -0.39 is 313 Å². The predicted octanol–water partition coefficient (Wildman–Crippen LogP) is -38.1. The summed E-state index contributed by atoms with van der Waals surface area (Å²) in [6.45, 7) is 0. The predicted molar refractivity (Wildman–Crippen MR) is 575 cm³/mol. The molecule has 0 aromatic rings. The van der Waals surface area contributed by atoms with Gasteiger partial charge in [-0.2, -0.15) is 0 Å². The highest BCUT2D eigenvalue weighted by atomic mass is 13.5. The van der Waals surface area contributed by atoms with Gasteiger partial charge >= 0.3 is 0 Å². The first kappa shape index (κ1) is 106. The Morgan fingerprint density at radius 1 is 0.0600 bits per heavy atom. The van der Waals surface area contributed by atoms with Crippen LogP contribution in [0.5, 0.6) is 0 Å². The molecule has 0 rings (SSSR count). The van der Waals surface area contributed by atoms with E-state index in [1.807, 2.05) is 0 Å². The summed E-state index contributed by atoms with van der Waals surface area (Å²) in [5, 5.41) is 0. The van der Waals surface area contributed by atoms with Gasteiger partial charge in [0.2, 0.25) is 0 Å². The van der Waals surface area contributed by atoms with Crippen LogP contribution in [0.2, 0.25) is 0 Å². The van der Waals surface area contributed by atoms with Crippen LogP contribution in [0.25, 0.3) is 0 Å². The Morgan fingerprint density at radius 3 is 0.190 bits per heavy atom. The van der Waals surface area contributed by atoms with E-state index in [-0.39, 0.29) is 0 Å². The first-order valence-corrected chi connectivity index (χ1v) is 33.0. The molecule has 300 valence electrons. The Hall–Kier alpha value is 6.49. The zero-order valence-corrected chi connectivity index (χ0v) is 57.7. The Morgan fingerprint density at radius 2 is 0.120 bits per heavy atom. The molecule has 0 nitrogen and oxygen atoms in total. The lowest BCUT2D eigenvalue weighted by molar-refractivity contribution is 3.12. The average molecular weight is 1080 g/mol. The first-order chi connectivity index (χ1) is 45.4. The van der Waals surface area contributed by atoms with Crippen molar-refractivity contribution in [3.05, 3.63) is 0 Å². The molecule has 0 N–H and O–H groups in total. The third-order valence-corrected chi connectivity index (χ3v) is 21.3. The molecule has 0 saturated heterocycles. The van der Waals surface area contributed by atoms with Gasteiger partial charge in [-0.3, -0.25) is 0 Å². The largest absolute Gasteiger partial charge is 0 e. The molecule has 0 aliphatic heterocycles. The van der Waals surface area contributed by atoms with E-state index in [0.29, 0.717) is 0 Å². The quantitative estimate of drug-likeness (QED) is 0.0533. The topological polar surface area (TPSA) is 0 Å². The summed E-state index contributed by atoms with van der Waals surface area (Å²) in [4.78, 5) is 0. The van der Waals surface area contributed by atoms with E-state index in [1.165, 1.54) is 0 Å². The van der Waals surface area contributed by atoms with E-state index >= 15 is 0 Å². The van der Waals surface area contributed by atoms with Crippen LogP contribution in [0.1, 0.15) is 0 Å². The molecule has 0 aliphatic carbocycles. The van der Waals surface area contributed by atoms with Gasteiger partial charge < -0.3 is 0 Å². The third kappa shape index (κ3) is 28.4. The second-order valence-electron chi connectivity index (χ2n) is 28.3. The SMILES string of the molecule is [B]B([B])B([B])B(B(B([B])[B])B([B])[B])B(B(B([B])[B])B([B])[B])B(B(B(B([B])[B])B([B])[B])B(B([B])[B])B([B])[B])B(B(B(B(B([B])[B])B([B])[B])B(B([B])[B])B([B])[B])B(B(B([B])[B])B([B])[B])B(B([B])[B])B([B])[B])B(B(B(B([B])[B])B([B])[B])B(B([B])[B])B([B])[B])B(B(B([B])[B])B([B])[B])B(B([B])[B])B([B])[B]. The molecule has 0 atom stereocenters. The summed E-state index contributed by atoms with van der Waals surface area (Å²) < 4.78 is 0. The monoisotopic (exact) mass is 1100 g/mol. The average Bonchev–Trinajstić information content (AvgIpc) is 3.39. The molecule has 0 aromatic carbocycles. The van der Waals surface area contributed by atoms with Gasteiger partial charge in [0.1, 0.15) is 0 Å². The van der Waals surface area contributed by atoms with Crippen LogP contribution in [-0.2, 0) is 0 Å². The molecule has 0 aliphatic rings. The zero-order valence-electron chi connectivity index (χ0n) is 57.7. The Balaban J connectivity index is 14.7. The van der Waals surface area contributed by atoms with Crippen LogP contribution in [0.3, 0.4) is 0 Å². The third-order valence-electron chi connectivity index (χ3n) is 21.3. The van der Waals surface area contributed by atoms with Gasteiger partial charge in [0.25, 0.3) is 0 Å². The fraction of sp³-hybridized carbons (Fsp3) is 0. The minimum Gasteiger partial charge on any atom is 0 e. The van der Waals surface area contributed by atoms with E-state index in [4.69, 9.17) is 395 Å². The van der Waals surface area contributed by atoms with Crippen molar-refractivity contribution in [2.45, 2.75) is 0 Å². The summed E-state index contributed by atoms with van der Waals surface area (Å²) in [6, 6.07) is 0. The maximum Gasteiger partial charge on any atom is 0 e. The van der Waals surface area contributed by atoms with E-state index in [1.54, 1.807) is 0 Å². The van der Waals surface area contributed by atoms with Crippen molar-refractivity contribution in [2.24, 2.45) is 0 Å². The minimum atomic E-state index is -2.33. The second kappa shape index (κ2) is 48.9. The van der Waals surface area contributed by atoms with E-state index in [0.717, 1.165) is 0 Å². The Labute approximate surface area is 700 Å². The van der Waals surface area contributed by atoms with Gasteiger partial charge in [-0.05, 0) is 0 Å². The maximum absolute atomic E-state index is 7.56. The molecule has 0 unspecified atom stereocenters. The molecule has 0 spiro atoms. The van der Waals surface area contributed by atoms with Gasteiger partial charge in [-0.25, -0.2) is 0 Å². The van der Waals surface area contributed by atoms with Crippen molar-refractivity contribution in [2.75, 3.05) is 0 Å². The lowest BCUT2D eigenvalue weighted by atomic mass is 8.18. The molecular formula is B100. The fourth-order valence-electron chi connectivity index (χ4n) is 18.0. The van der Waals surface area contributed by atoms with Crippen molar-refractivity contribution in [3.8, 4) is 0 Å². The fourth-order valence-corrected chi connectivity index (χ4v) is 18.0. The van der Waals surface area contributed by atoms with Crippen LogP contribution in [0, 0.1) is 0 Å². The minimum absolute atomic E-state index is 1.71. The van der Waals surface area contributed by atoms with E-state index in [9.17, 15) is 0 Å². The molecular weight excluding hydrogens is 1080 g/mol. The number of hydrogen-bond acceptors (Lipinski definition) is 0.